The average Bonchev–Trinajstić information content (AvgIpc) is 2.50. The lowest BCUT2D eigenvalue weighted by Crippen LogP contribution is -2.59. The van der Waals surface area contributed by atoms with Crippen LogP contribution >= 0.6 is 0 Å². The van der Waals surface area contributed by atoms with E-state index in [1.54, 1.807) is 7.11 Å². The zero-order chi connectivity index (χ0) is 17.1. The molecule has 4 heteroatoms. The smallest absolute Gasteiger partial charge is 0.169 e. The van der Waals surface area contributed by atoms with Gasteiger partial charge in [-0.2, -0.15) is 10.3 Å². The van der Waals surface area contributed by atoms with Crippen LogP contribution in [0.25, 0.3) is 0 Å². The SMILES string of the molecule is COc1ccc(CC(C#N)ON2C(C)(C)CCCC2(C)C)cc1. The molecule has 1 saturated heterocycles. The van der Waals surface area contributed by atoms with Gasteiger partial charge in [0.15, 0.2) is 6.10 Å². The standard InChI is InChI=1S/C19H28N2O2/c1-18(2)11-6-12-19(3,4)21(18)23-17(14-20)13-15-7-9-16(22-5)10-8-15/h7-10,17H,6,11-13H2,1-5H3. The summed E-state index contributed by atoms with van der Waals surface area (Å²) in [6.07, 6.45) is 3.44. The summed E-state index contributed by atoms with van der Waals surface area (Å²) in [6, 6.07) is 10.1. The Labute approximate surface area is 140 Å². The largest absolute Gasteiger partial charge is 0.497 e. The van der Waals surface area contributed by atoms with Crippen molar-refractivity contribution in [1.29, 1.82) is 5.26 Å². The minimum atomic E-state index is -0.486. The van der Waals surface area contributed by atoms with E-state index >= 15 is 0 Å². The van der Waals surface area contributed by atoms with Gasteiger partial charge in [-0.15, -0.1) is 0 Å². The molecule has 0 amide bonds. The van der Waals surface area contributed by atoms with Crippen molar-refractivity contribution < 1.29 is 9.57 Å². The first-order valence-electron chi connectivity index (χ1n) is 8.28. The molecule has 0 spiro atoms. The summed E-state index contributed by atoms with van der Waals surface area (Å²) >= 11 is 0. The van der Waals surface area contributed by atoms with Gasteiger partial charge in [0.25, 0.3) is 0 Å². The number of hydroxylamine groups is 2. The van der Waals surface area contributed by atoms with Gasteiger partial charge in [0, 0.05) is 17.5 Å². The second-order valence-electron chi connectivity index (χ2n) is 7.55. The molecule has 1 atom stereocenters. The number of hydrogen-bond acceptors (Lipinski definition) is 4. The maximum Gasteiger partial charge on any atom is 0.169 e. The van der Waals surface area contributed by atoms with Crippen LogP contribution in [-0.4, -0.2) is 29.4 Å². The Morgan fingerprint density at radius 2 is 1.70 bits per heavy atom. The second kappa shape index (κ2) is 6.90. The van der Waals surface area contributed by atoms with Gasteiger partial charge in [0.1, 0.15) is 5.75 Å². The van der Waals surface area contributed by atoms with E-state index in [9.17, 15) is 5.26 Å². The number of ether oxygens (including phenoxy) is 1. The fraction of sp³-hybridized carbons (Fsp3) is 0.632. The molecule has 126 valence electrons. The van der Waals surface area contributed by atoms with Crippen molar-refractivity contribution in [2.24, 2.45) is 0 Å². The number of benzene rings is 1. The van der Waals surface area contributed by atoms with Crippen molar-refractivity contribution in [1.82, 2.24) is 5.06 Å². The van der Waals surface area contributed by atoms with Crippen LogP contribution in [0.4, 0.5) is 0 Å². The molecule has 1 aliphatic heterocycles. The van der Waals surface area contributed by atoms with Crippen LogP contribution in [0.15, 0.2) is 24.3 Å². The first kappa shape index (κ1) is 17.8. The molecule has 0 aromatic heterocycles. The summed E-state index contributed by atoms with van der Waals surface area (Å²) < 4.78 is 5.17. The molecular weight excluding hydrogens is 288 g/mol. The van der Waals surface area contributed by atoms with E-state index in [0.717, 1.165) is 24.2 Å². The Kier molecular flexibility index (Phi) is 5.33. The summed E-state index contributed by atoms with van der Waals surface area (Å²) in [5.41, 5.74) is 0.957. The topological polar surface area (TPSA) is 45.5 Å². The molecule has 0 saturated carbocycles. The third-order valence-corrected chi connectivity index (χ3v) is 4.63. The van der Waals surface area contributed by atoms with E-state index in [2.05, 4.69) is 38.8 Å². The summed E-state index contributed by atoms with van der Waals surface area (Å²) in [6.45, 7) is 8.76. The van der Waals surface area contributed by atoms with Crippen LogP contribution in [0.3, 0.4) is 0 Å². The fourth-order valence-corrected chi connectivity index (χ4v) is 3.47. The molecular formula is C19H28N2O2. The molecule has 1 aliphatic rings. The van der Waals surface area contributed by atoms with Crippen molar-refractivity contribution in [2.45, 2.75) is 70.6 Å². The number of nitrogens with zero attached hydrogens (tertiary/aromatic N) is 2. The lowest BCUT2D eigenvalue weighted by Gasteiger charge is -2.51. The number of methoxy groups -OCH3 is 1. The number of rotatable bonds is 5. The number of piperidine rings is 1. The highest BCUT2D eigenvalue weighted by Gasteiger charge is 2.43. The van der Waals surface area contributed by atoms with Crippen molar-refractivity contribution >= 4 is 0 Å². The minimum absolute atomic E-state index is 0.0588. The number of hydrogen-bond donors (Lipinski definition) is 0. The molecule has 0 radical (unpaired) electrons. The van der Waals surface area contributed by atoms with E-state index in [1.807, 2.05) is 24.3 Å². The van der Waals surface area contributed by atoms with Crippen molar-refractivity contribution in [3.63, 3.8) is 0 Å². The van der Waals surface area contributed by atoms with Gasteiger partial charge in [0.05, 0.1) is 13.2 Å². The van der Waals surface area contributed by atoms with Crippen molar-refractivity contribution in [2.75, 3.05) is 7.11 Å². The van der Waals surface area contributed by atoms with Gasteiger partial charge in [0.2, 0.25) is 0 Å². The highest BCUT2D eigenvalue weighted by molar-refractivity contribution is 5.28. The molecule has 1 unspecified atom stereocenters. The third-order valence-electron chi connectivity index (χ3n) is 4.63. The molecule has 0 N–H and O–H groups in total. The normalized spacial score (nSPS) is 21.4. The maximum atomic E-state index is 9.53. The Morgan fingerprint density at radius 1 is 1.13 bits per heavy atom. The fourth-order valence-electron chi connectivity index (χ4n) is 3.47. The quantitative estimate of drug-likeness (QED) is 0.820. The first-order valence-corrected chi connectivity index (χ1v) is 8.28. The second-order valence-corrected chi connectivity index (χ2v) is 7.55. The van der Waals surface area contributed by atoms with Crippen LogP contribution in [0.1, 0.15) is 52.5 Å². The number of nitriles is 1. The average molecular weight is 316 g/mol. The van der Waals surface area contributed by atoms with E-state index in [0.29, 0.717) is 6.42 Å². The summed E-state index contributed by atoms with van der Waals surface area (Å²) in [5, 5.41) is 11.6. The zero-order valence-electron chi connectivity index (χ0n) is 14.9. The van der Waals surface area contributed by atoms with Crippen LogP contribution in [0, 0.1) is 11.3 Å². The molecule has 4 nitrogen and oxygen atoms in total. The van der Waals surface area contributed by atoms with Crippen LogP contribution in [0.2, 0.25) is 0 Å². The third kappa shape index (κ3) is 4.25. The summed E-state index contributed by atoms with van der Waals surface area (Å²) in [4.78, 5) is 6.17. The van der Waals surface area contributed by atoms with Gasteiger partial charge in [-0.1, -0.05) is 12.1 Å². The van der Waals surface area contributed by atoms with Crippen molar-refractivity contribution in [3.05, 3.63) is 29.8 Å². The zero-order valence-corrected chi connectivity index (χ0v) is 14.9. The predicted molar refractivity (Wildman–Crippen MR) is 91.0 cm³/mol. The van der Waals surface area contributed by atoms with Crippen LogP contribution in [-0.2, 0) is 11.3 Å². The Bertz CT molecular complexity index is 542. The minimum Gasteiger partial charge on any atom is -0.497 e. The summed E-state index contributed by atoms with van der Waals surface area (Å²) in [5.74, 6) is 0.821. The monoisotopic (exact) mass is 316 g/mol. The lowest BCUT2D eigenvalue weighted by atomic mass is 9.82. The van der Waals surface area contributed by atoms with Gasteiger partial charge in [-0.3, -0.25) is 4.84 Å². The molecule has 0 aliphatic carbocycles. The maximum absolute atomic E-state index is 9.53. The first-order chi connectivity index (χ1) is 10.8. The molecule has 1 fully saturated rings. The molecule has 0 bridgehead atoms. The van der Waals surface area contributed by atoms with Gasteiger partial charge < -0.3 is 4.74 Å². The molecule has 1 aromatic rings. The molecule has 1 heterocycles. The molecule has 1 aromatic carbocycles. The van der Waals surface area contributed by atoms with Gasteiger partial charge in [-0.25, -0.2) is 0 Å². The Morgan fingerprint density at radius 3 is 2.17 bits per heavy atom. The predicted octanol–water partition coefficient (Wildman–Crippen LogP) is 4.10. The Hall–Kier alpha value is -1.57. The summed E-state index contributed by atoms with van der Waals surface area (Å²) in [7, 11) is 1.65. The molecule has 23 heavy (non-hydrogen) atoms. The highest BCUT2D eigenvalue weighted by atomic mass is 16.7. The van der Waals surface area contributed by atoms with Crippen molar-refractivity contribution in [3.8, 4) is 11.8 Å². The van der Waals surface area contributed by atoms with Crippen LogP contribution in [0.5, 0.6) is 5.75 Å². The van der Waals surface area contributed by atoms with Gasteiger partial charge >= 0.3 is 0 Å². The van der Waals surface area contributed by atoms with Crippen LogP contribution < -0.4 is 4.74 Å². The van der Waals surface area contributed by atoms with E-state index in [1.165, 1.54) is 6.42 Å². The highest BCUT2D eigenvalue weighted by Crippen LogP contribution is 2.39. The van der Waals surface area contributed by atoms with E-state index in [4.69, 9.17) is 9.57 Å². The van der Waals surface area contributed by atoms with E-state index < -0.39 is 6.10 Å². The molecule has 2 rings (SSSR count). The Balaban J connectivity index is 2.09. The lowest BCUT2D eigenvalue weighted by molar-refractivity contribution is -0.294. The van der Waals surface area contributed by atoms with Gasteiger partial charge in [-0.05, 0) is 64.7 Å². The van der Waals surface area contributed by atoms with E-state index in [-0.39, 0.29) is 11.1 Å².